The first kappa shape index (κ1) is 27.5. The van der Waals surface area contributed by atoms with Crippen molar-refractivity contribution in [3.63, 3.8) is 0 Å². The largest absolute Gasteiger partial charge is 0.496 e. The Labute approximate surface area is 231 Å². The molecule has 9 heteroatoms. The van der Waals surface area contributed by atoms with Crippen LogP contribution in [0.5, 0.6) is 5.75 Å². The molecule has 198 valence electrons. The van der Waals surface area contributed by atoms with Gasteiger partial charge in [-0.05, 0) is 54.3 Å². The van der Waals surface area contributed by atoms with Gasteiger partial charge in [0, 0.05) is 35.1 Å². The molecule has 0 bridgehead atoms. The van der Waals surface area contributed by atoms with Crippen molar-refractivity contribution in [1.29, 1.82) is 0 Å². The lowest BCUT2D eigenvalue weighted by atomic mass is 9.95. The molecule has 1 aliphatic heterocycles. The number of ether oxygens (including phenoxy) is 1. The zero-order chi connectivity index (χ0) is 27.2. The minimum atomic E-state index is -1.15. The van der Waals surface area contributed by atoms with Crippen LogP contribution in [0.25, 0.3) is 11.1 Å². The summed E-state index contributed by atoms with van der Waals surface area (Å²) in [5, 5.41) is 13.5. The number of piperidine rings is 1. The second kappa shape index (κ2) is 12.3. The topological polar surface area (TPSA) is 95.9 Å². The van der Waals surface area contributed by atoms with Gasteiger partial charge in [0.2, 0.25) is 5.91 Å². The van der Waals surface area contributed by atoms with Crippen LogP contribution in [0.4, 0.5) is 0 Å². The molecule has 7 nitrogen and oxygen atoms in total. The van der Waals surface area contributed by atoms with E-state index < -0.39 is 23.8 Å². The number of hydrogen-bond donors (Lipinski definition) is 2. The highest BCUT2D eigenvalue weighted by Crippen LogP contribution is 2.31. The molecule has 1 aliphatic rings. The SMILES string of the molecule is COc1ccccc1C(=O)N1CCCC(C(=O)N[C@@H](Cc2ccc(-c3cccc(Cl)c3)c(Cl)c2)C(=O)O)C1. The molecule has 1 unspecified atom stereocenters. The minimum absolute atomic E-state index is 0.0627. The summed E-state index contributed by atoms with van der Waals surface area (Å²) in [6.45, 7) is 0.718. The average Bonchev–Trinajstić information content (AvgIpc) is 2.92. The van der Waals surface area contributed by atoms with Crippen LogP contribution in [0.3, 0.4) is 0 Å². The fourth-order valence-electron chi connectivity index (χ4n) is 4.67. The second-order valence-electron chi connectivity index (χ2n) is 9.22. The lowest BCUT2D eigenvalue weighted by Gasteiger charge is -2.33. The summed E-state index contributed by atoms with van der Waals surface area (Å²) in [6, 6.07) is 18.4. The predicted octanol–water partition coefficient (Wildman–Crippen LogP) is 5.33. The van der Waals surface area contributed by atoms with E-state index >= 15 is 0 Å². The molecule has 1 fully saturated rings. The molecular formula is C29H28Cl2N2O5. The van der Waals surface area contributed by atoms with E-state index in [0.717, 1.165) is 11.1 Å². The molecule has 1 heterocycles. The Kier molecular flexibility index (Phi) is 8.92. The summed E-state index contributed by atoms with van der Waals surface area (Å²) >= 11 is 12.6. The number of carboxylic acids is 1. The maximum atomic E-state index is 13.1. The number of nitrogens with one attached hydrogen (secondary N) is 1. The number of halogens is 2. The van der Waals surface area contributed by atoms with Crippen LogP contribution in [-0.4, -0.2) is 54.0 Å². The normalized spacial score (nSPS) is 16.0. The van der Waals surface area contributed by atoms with Crippen molar-refractivity contribution in [1.82, 2.24) is 10.2 Å². The molecule has 0 aromatic heterocycles. The maximum Gasteiger partial charge on any atom is 0.326 e. The monoisotopic (exact) mass is 554 g/mol. The van der Waals surface area contributed by atoms with Crippen LogP contribution < -0.4 is 10.1 Å². The second-order valence-corrected chi connectivity index (χ2v) is 10.1. The van der Waals surface area contributed by atoms with Gasteiger partial charge in [0.1, 0.15) is 11.8 Å². The molecule has 2 atom stereocenters. The third-order valence-corrected chi connectivity index (χ3v) is 7.19. The third-order valence-electron chi connectivity index (χ3n) is 6.64. The number of hydrogen-bond acceptors (Lipinski definition) is 4. The first-order valence-electron chi connectivity index (χ1n) is 12.3. The number of nitrogens with zero attached hydrogens (tertiary/aromatic N) is 1. The smallest absolute Gasteiger partial charge is 0.326 e. The highest BCUT2D eigenvalue weighted by molar-refractivity contribution is 6.34. The van der Waals surface area contributed by atoms with Crippen LogP contribution in [0.1, 0.15) is 28.8 Å². The molecule has 0 saturated carbocycles. The zero-order valence-corrected chi connectivity index (χ0v) is 22.3. The summed E-state index contributed by atoms with van der Waals surface area (Å²) in [5.41, 5.74) is 2.72. The fraction of sp³-hybridized carbons (Fsp3) is 0.276. The van der Waals surface area contributed by atoms with E-state index in [2.05, 4.69) is 5.32 Å². The van der Waals surface area contributed by atoms with Gasteiger partial charge in [-0.15, -0.1) is 0 Å². The molecule has 0 aliphatic carbocycles. The van der Waals surface area contributed by atoms with Gasteiger partial charge < -0.3 is 20.1 Å². The predicted molar refractivity (Wildman–Crippen MR) is 147 cm³/mol. The Balaban J connectivity index is 1.42. The number of likely N-dealkylation sites (tertiary alicyclic amines) is 1. The highest BCUT2D eigenvalue weighted by Gasteiger charge is 2.32. The quantitative estimate of drug-likeness (QED) is 0.392. The van der Waals surface area contributed by atoms with Gasteiger partial charge in [-0.25, -0.2) is 4.79 Å². The first-order valence-corrected chi connectivity index (χ1v) is 13.0. The molecule has 3 aromatic rings. The summed E-state index contributed by atoms with van der Waals surface area (Å²) in [6.07, 6.45) is 1.26. The van der Waals surface area contributed by atoms with Crippen molar-refractivity contribution in [3.05, 3.63) is 87.9 Å². The van der Waals surface area contributed by atoms with Crippen molar-refractivity contribution >= 4 is 41.0 Å². The number of aliphatic carboxylic acids is 1. The number of para-hydroxylation sites is 1. The molecule has 0 radical (unpaired) electrons. The van der Waals surface area contributed by atoms with E-state index in [1.54, 1.807) is 53.4 Å². The Morgan fingerprint density at radius 3 is 2.58 bits per heavy atom. The number of carboxylic acid groups (broad SMARTS) is 1. The maximum absolute atomic E-state index is 13.1. The van der Waals surface area contributed by atoms with Crippen molar-refractivity contribution in [2.45, 2.75) is 25.3 Å². The Morgan fingerprint density at radius 1 is 1.08 bits per heavy atom. The van der Waals surface area contributed by atoms with Crippen LogP contribution >= 0.6 is 23.2 Å². The van der Waals surface area contributed by atoms with Crippen molar-refractivity contribution in [3.8, 4) is 16.9 Å². The Morgan fingerprint density at radius 2 is 1.87 bits per heavy atom. The van der Waals surface area contributed by atoms with Crippen LogP contribution in [0.2, 0.25) is 10.0 Å². The third kappa shape index (κ3) is 6.47. The molecule has 0 spiro atoms. The lowest BCUT2D eigenvalue weighted by Crippen LogP contribution is -2.50. The van der Waals surface area contributed by atoms with Gasteiger partial charge in [-0.2, -0.15) is 0 Å². The van der Waals surface area contributed by atoms with Crippen molar-refractivity contribution < 1.29 is 24.2 Å². The van der Waals surface area contributed by atoms with E-state index in [0.29, 0.717) is 46.3 Å². The van der Waals surface area contributed by atoms with E-state index in [9.17, 15) is 19.5 Å². The van der Waals surface area contributed by atoms with Crippen molar-refractivity contribution in [2.24, 2.45) is 5.92 Å². The zero-order valence-electron chi connectivity index (χ0n) is 20.8. The van der Waals surface area contributed by atoms with Gasteiger partial charge in [-0.3, -0.25) is 9.59 Å². The minimum Gasteiger partial charge on any atom is -0.496 e. The fourth-order valence-corrected chi connectivity index (χ4v) is 5.17. The van der Waals surface area contributed by atoms with Gasteiger partial charge in [-0.1, -0.05) is 59.6 Å². The van der Waals surface area contributed by atoms with E-state index in [-0.39, 0.29) is 18.9 Å². The molecule has 3 aromatic carbocycles. The standard InChI is InChI=1S/C29H28Cl2N2O5/c1-38-26-10-3-2-9-23(26)28(35)33-13-5-7-20(17-33)27(34)32-25(29(36)37)15-18-11-12-22(24(31)14-18)19-6-4-8-21(30)16-19/h2-4,6,8-12,14,16,20,25H,5,7,13,15,17H2,1H3,(H,32,34)(H,36,37)/t20?,25-/m0/s1. The average molecular weight is 555 g/mol. The van der Waals surface area contributed by atoms with E-state index in [4.69, 9.17) is 27.9 Å². The molecule has 38 heavy (non-hydrogen) atoms. The molecule has 1 saturated heterocycles. The lowest BCUT2D eigenvalue weighted by molar-refractivity contribution is -0.142. The number of rotatable bonds is 8. The van der Waals surface area contributed by atoms with Gasteiger partial charge in [0.15, 0.2) is 0 Å². The molecule has 4 rings (SSSR count). The molecular weight excluding hydrogens is 527 g/mol. The van der Waals surface area contributed by atoms with Crippen LogP contribution in [0.15, 0.2) is 66.7 Å². The Bertz CT molecular complexity index is 1350. The van der Waals surface area contributed by atoms with E-state index in [1.165, 1.54) is 7.11 Å². The van der Waals surface area contributed by atoms with Gasteiger partial charge in [0.25, 0.3) is 5.91 Å². The first-order chi connectivity index (χ1) is 18.3. The van der Waals surface area contributed by atoms with Gasteiger partial charge >= 0.3 is 5.97 Å². The van der Waals surface area contributed by atoms with Crippen LogP contribution in [0, 0.1) is 5.92 Å². The molecule has 2 N–H and O–H groups in total. The number of amides is 2. The summed E-state index contributed by atoms with van der Waals surface area (Å²) in [4.78, 5) is 39.8. The summed E-state index contributed by atoms with van der Waals surface area (Å²) < 4.78 is 5.31. The number of methoxy groups -OCH3 is 1. The number of benzene rings is 3. The van der Waals surface area contributed by atoms with Crippen molar-refractivity contribution in [2.75, 3.05) is 20.2 Å². The van der Waals surface area contributed by atoms with E-state index in [1.807, 2.05) is 18.2 Å². The Hall–Kier alpha value is -3.55. The van der Waals surface area contributed by atoms with Gasteiger partial charge in [0.05, 0.1) is 18.6 Å². The molecule has 2 amide bonds. The van der Waals surface area contributed by atoms with Crippen LogP contribution in [-0.2, 0) is 16.0 Å². The number of carbonyl (C=O) groups excluding carboxylic acids is 2. The summed E-state index contributed by atoms with van der Waals surface area (Å²) in [7, 11) is 1.50. The number of carbonyl (C=O) groups is 3. The highest BCUT2D eigenvalue weighted by atomic mass is 35.5. The summed E-state index contributed by atoms with van der Waals surface area (Å²) in [5.74, 6) is -1.81.